The first kappa shape index (κ1) is 13.5. The van der Waals surface area contributed by atoms with Crippen molar-refractivity contribution in [3.8, 4) is 11.5 Å². The highest BCUT2D eigenvalue weighted by Crippen LogP contribution is 2.32. The lowest BCUT2D eigenvalue weighted by atomic mass is 10.2. The maximum Gasteiger partial charge on any atom is 0.231 e. The molecule has 0 fully saturated rings. The summed E-state index contributed by atoms with van der Waals surface area (Å²) in [7, 11) is 0. The third-order valence-corrected chi connectivity index (χ3v) is 3.23. The predicted molar refractivity (Wildman–Crippen MR) is 85.2 cm³/mol. The molecule has 21 heavy (non-hydrogen) atoms. The molecule has 2 aromatic rings. The molecule has 3 N–H and O–H groups in total. The summed E-state index contributed by atoms with van der Waals surface area (Å²) in [5, 5.41) is 3.65. The lowest BCUT2D eigenvalue weighted by Crippen LogP contribution is -2.38. The van der Waals surface area contributed by atoms with Crippen LogP contribution in [0, 0.1) is 0 Å². The Kier molecular flexibility index (Phi) is 4.07. The van der Waals surface area contributed by atoms with E-state index in [9.17, 15) is 0 Å². The topological polar surface area (TPSA) is 54.5 Å². The van der Waals surface area contributed by atoms with E-state index in [2.05, 4.69) is 16.2 Å². The highest BCUT2D eigenvalue weighted by molar-refractivity contribution is 7.80. The average Bonchev–Trinajstić information content (AvgIpc) is 2.99. The Hall–Kier alpha value is -2.47. The molecular weight excluding hydrogens is 286 g/mol. The molecule has 0 amide bonds. The van der Waals surface area contributed by atoms with Gasteiger partial charge in [0.05, 0.1) is 5.69 Å². The van der Waals surface area contributed by atoms with E-state index in [-0.39, 0.29) is 6.79 Å². The molecular formula is C15H15N3O2S. The summed E-state index contributed by atoms with van der Waals surface area (Å²) in [5.74, 6) is 1.56. The summed E-state index contributed by atoms with van der Waals surface area (Å²) >= 11 is 5.21. The normalized spacial score (nSPS) is 11.8. The van der Waals surface area contributed by atoms with Crippen LogP contribution >= 0.6 is 12.2 Å². The predicted octanol–water partition coefficient (Wildman–Crippen LogP) is 2.41. The number of hydrogen-bond donors (Lipinski definition) is 3. The van der Waals surface area contributed by atoms with Gasteiger partial charge in [0, 0.05) is 6.54 Å². The SMILES string of the molecule is S=C(NCc1ccc2c(c1)OCO2)NNc1ccccc1. The molecule has 3 rings (SSSR count). The minimum Gasteiger partial charge on any atom is -0.454 e. The van der Waals surface area contributed by atoms with Crippen LogP contribution in [-0.4, -0.2) is 11.9 Å². The fourth-order valence-electron chi connectivity index (χ4n) is 1.93. The van der Waals surface area contributed by atoms with Gasteiger partial charge in [-0.25, -0.2) is 0 Å². The maximum atomic E-state index is 5.34. The quantitative estimate of drug-likeness (QED) is 0.595. The Bertz CT molecular complexity index is 634. The number of ether oxygens (including phenoxy) is 2. The zero-order chi connectivity index (χ0) is 14.5. The van der Waals surface area contributed by atoms with Gasteiger partial charge in [-0.15, -0.1) is 0 Å². The standard InChI is InChI=1S/C15H15N3O2S/c21-15(18-17-12-4-2-1-3-5-12)16-9-11-6-7-13-14(8-11)20-10-19-13/h1-8,17H,9-10H2,(H2,16,18,21). The Balaban J connectivity index is 1.47. The smallest absolute Gasteiger partial charge is 0.231 e. The van der Waals surface area contributed by atoms with Gasteiger partial charge in [-0.1, -0.05) is 24.3 Å². The van der Waals surface area contributed by atoms with E-state index < -0.39 is 0 Å². The highest BCUT2D eigenvalue weighted by atomic mass is 32.1. The van der Waals surface area contributed by atoms with Crippen molar-refractivity contribution in [1.29, 1.82) is 0 Å². The molecule has 0 spiro atoms. The van der Waals surface area contributed by atoms with E-state index in [4.69, 9.17) is 21.7 Å². The summed E-state index contributed by atoms with van der Waals surface area (Å²) in [6.07, 6.45) is 0. The second-order valence-electron chi connectivity index (χ2n) is 4.49. The molecule has 0 unspecified atom stereocenters. The Labute approximate surface area is 128 Å². The van der Waals surface area contributed by atoms with E-state index in [0.29, 0.717) is 11.7 Å². The zero-order valence-corrected chi connectivity index (χ0v) is 12.1. The number of thiocarbonyl (C=S) groups is 1. The summed E-state index contributed by atoms with van der Waals surface area (Å²) in [4.78, 5) is 0. The van der Waals surface area contributed by atoms with Gasteiger partial charge in [-0.2, -0.15) is 0 Å². The van der Waals surface area contributed by atoms with Gasteiger partial charge >= 0.3 is 0 Å². The van der Waals surface area contributed by atoms with Crippen LogP contribution in [0.4, 0.5) is 5.69 Å². The number of hydrogen-bond acceptors (Lipinski definition) is 4. The summed E-state index contributed by atoms with van der Waals surface area (Å²) in [6.45, 7) is 0.895. The van der Waals surface area contributed by atoms with Gasteiger partial charge < -0.3 is 14.8 Å². The molecule has 108 valence electrons. The van der Waals surface area contributed by atoms with Crippen LogP contribution in [0.1, 0.15) is 5.56 Å². The maximum absolute atomic E-state index is 5.34. The van der Waals surface area contributed by atoms with Crippen molar-refractivity contribution in [1.82, 2.24) is 10.7 Å². The van der Waals surface area contributed by atoms with E-state index in [1.165, 1.54) is 0 Å². The molecule has 1 heterocycles. The van der Waals surface area contributed by atoms with Gasteiger partial charge in [-0.05, 0) is 42.0 Å². The number of hydrazine groups is 1. The van der Waals surface area contributed by atoms with Gasteiger partial charge in [0.2, 0.25) is 6.79 Å². The van der Waals surface area contributed by atoms with Crippen molar-refractivity contribution in [2.75, 3.05) is 12.2 Å². The van der Waals surface area contributed by atoms with Crippen molar-refractivity contribution in [3.05, 3.63) is 54.1 Å². The minimum atomic E-state index is 0.285. The number of nitrogens with one attached hydrogen (secondary N) is 3. The van der Waals surface area contributed by atoms with E-state index in [1.54, 1.807) is 0 Å². The Morgan fingerprint density at radius 3 is 2.71 bits per heavy atom. The monoisotopic (exact) mass is 301 g/mol. The molecule has 0 atom stereocenters. The molecule has 0 aromatic heterocycles. The van der Waals surface area contributed by atoms with Gasteiger partial charge in [0.15, 0.2) is 16.6 Å². The molecule has 0 aliphatic carbocycles. The molecule has 6 heteroatoms. The van der Waals surface area contributed by atoms with Crippen LogP contribution < -0.4 is 25.6 Å². The summed E-state index contributed by atoms with van der Waals surface area (Å²) in [5.41, 5.74) is 7.98. The van der Waals surface area contributed by atoms with E-state index >= 15 is 0 Å². The van der Waals surface area contributed by atoms with Gasteiger partial charge in [-0.3, -0.25) is 10.9 Å². The number of fused-ring (bicyclic) bond motifs is 1. The van der Waals surface area contributed by atoms with Crippen LogP contribution in [0.3, 0.4) is 0 Å². The van der Waals surface area contributed by atoms with E-state index in [0.717, 1.165) is 22.7 Å². The van der Waals surface area contributed by atoms with Crippen LogP contribution in [0.15, 0.2) is 48.5 Å². The Morgan fingerprint density at radius 2 is 1.86 bits per heavy atom. The zero-order valence-electron chi connectivity index (χ0n) is 11.3. The van der Waals surface area contributed by atoms with E-state index in [1.807, 2.05) is 48.5 Å². The van der Waals surface area contributed by atoms with Crippen molar-refractivity contribution in [3.63, 3.8) is 0 Å². The highest BCUT2D eigenvalue weighted by Gasteiger charge is 2.12. The minimum absolute atomic E-state index is 0.285. The third kappa shape index (κ3) is 3.55. The van der Waals surface area contributed by atoms with Gasteiger partial charge in [0.25, 0.3) is 0 Å². The molecule has 5 nitrogen and oxygen atoms in total. The number of benzene rings is 2. The number of para-hydroxylation sites is 1. The van der Waals surface area contributed by atoms with Crippen molar-refractivity contribution in [2.45, 2.75) is 6.54 Å². The average molecular weight is 301 g/mol. The fourth-order valence-corrected chi connectivity index (χ4v) is 2.05. The lowest BCUT2D eigenvalue weighted by Gasteiger charge is -2.12. The first-order valence-corrected chi connectivity index (χ1v) is 6.95. The molecule has 2 aromatic carbocycles. The molecule has 0 radical (unpaired) electrons. The van der Waals surface area contributed by atoms with Crippen LogP contribution in [0.25, 0.3) is 0 Å². The van der Waals surface area contributed by atoms with Crippen molar-refractivity contribution >= 4 is 23.0 Å². The van der Waals surface area contributed by atoms with Crippen molar-refractivity contribution in [2.24, 2.45) is 0 Å². The molecule has 1 aliphatic heterocycles. The second kappa shape index (κ2) is 6.32. The number of rotatable bonds is 4. The fraction of sp³-hybridized carbons (Fsp3) is 0.133. The molecule has 1 aliphatic rings. The Morgan fingerprint density at radius 1 is 1.05 bits per heavy atom. The first-order valence-electron chi connectivity index (χ1n) is 6.55. The lowest BCUT2D eigenvalue weighted by molar-refractivity contribution is 0.174. The summed E-state index contributed by atoms with van der Waals surface area (Å²) < 4.78 is 10.6. The second-order valence-corrected chi connectivity index (χ2v) is 4.89. The molecule has 0 saturated heterocycles. The third-order valence-electron chi connectivity index (χ3n) is 2.98. The number of anilines is 1. The molecule has 0 bridgehead atoms. The van der Waals surface area contributed by atoms with Crippen LogP contribution in [0.5, 0.6) is 11.5 Å². The van der Waals surface area contributed by atoms with Crippen LogP contribution in [0.2, 0.25) is 0 Å². The largest absolute Gasteiger partial charge is 0.454 e. The molecule has 0 saturated carbocycles. The van der Waals surface area contributed by atoms with Crippen molar-refractivity contribution < 1.29 is 9.47 Å². The van der Waals surface area contributed by atoms with Crippen LogP contribution in [-0.2, 0) is 6.54 Å². The van der Waals surface area contributed by atoms with Gasteiger partial charge in [0.1, 0.15) is 0 Å². The first-order chi connectivity index (χ1) is 10.3. The summed E-state index contributed by atoms with van der Waals surface area (Å²) in [6, 6.07) is 15.6.